The fourth-order valence-electron chi connectivity index (χ4n) is 2.34. The van der Waals surface area contributed by atoms with Gasteiger partial charge in [0.05, 0.1) is 6.10 Å². The second-order valence-electron chi connectivity index (χ2n) is 5.19. The summed E-state index contributed by atoms with van der Waals surface area (Å²) in [5.41, 5.74) is 0.645. The predicted octanol–water partition coefficient (Wildman–Crippen LogP) is 2.32. The molecule has 1 unspecified atom stereocenters. The molecular formula is C13H22N2O2. The van der Waals surface area contributed by atoms with Gasteiger partial charge in [0.25, 0.3) is 0 Å². The number of likely N-dealkylation sites (tertiary alicyclic amines) is 1. The van der Waals surface area contributed by atoms with E-state index in [2.05, 4.69) is 23.7 Å². The van der Waals surface area contributed by atoms with Gasteiger partial charge in [-0.3, -0.25) is 0 Å². The molecule has 1 saturated heterocycles. The lowest BCUT2D eigenvalue weighted by Gasteiger charge is -2.33. The molecule has 17 heavy (non-hydrogen) atoms. The lowest BCUT2D eigenvalue weighted by Crippen LogP contribution is -2.37. The van der Waals surface area contributed by atoms with Crippen molar-refractivity contribution in [2.75, 3.05) is 13.1 Å². The fourth-order valence-corrected chi connectivity index (χ4v) is 2.34. The van der Waals surface area contributed by atoms with Crippen molar-refractivity contribution >= 4 is 0 Å². The third kappa shape index (κ3) is 2.87. The molecule has 1 aliphatic heterocycles. The standard InChI is InChI=1S/C13H22N2O2/c1-9(2)15-6-4-11(5-7-15)13-14-12(8-17-13)10(3)16/h8-11,16H,4-7H2,1-3H3. The number of aliphatic hydroxyl groups excluding tert-OH is 1. The first-order chi connectivity index (χ1) is 8.08. The van der Waals surface area contributed by atoms with Crippen molar-refractivity contribution in [2.24, 2.45) is 0 Å². The van der Waals surface area contributed by atoms with Crippen molar-refractivity contribution in [3.8, 4) is 0 Å². The first-order valence-corrected chi connectivity index (χ1v) is 6.45. The van der Waals surface area contributed by atoms with Crippen LogP contribution >= 0.6 is 0 Å². The molecular weight excluding hydrogens is 216 g/mol. The van der Waals surface area contributed by atoms with Gasteiger partial charge in [-0.1, -0.05) is 0 Å². The van der Waals surface area contributed by atoms with Crippen LogP contribution in [0.2, 0.25) is 0 Å². The summed E-state index contributed by atoms with van der Waals surface area (Å²) in [4.78, 5) is 6.85. The van der Waals surface area contributed by atoms with Gasteiger partial charge in [-0.15, -0.1) is 0 Å². The minimum atomic E-state index is -0.539. The molecule has 1 fully saturated rings. The molecule has 1 aliphatic rings. The van der Waals surface area contributed by atoms with Gasteiger partial charge >= 0.3 is 0 Å². The smallest absolute Gasteiger partial charge is 0.197 e. The van der Waals surface area contributed by atoms with E-state index >= 15 is 0 Å². The van der Waals surface area contributed by atoms with E-state index in [4.69, 9.17) is 4.42 Å². The van der Waals surface area contributed by atoms with Gasteiger partial charge in [-0.05, 0) is 46.7 Å². The fraction of sp³-hybridized carbons (Fsp3) is 0.769. The van der Waals surface area contributed by atoms with Gasteiger partial charge in [0.1, 0.15) is 12.0 Å². The Kier molecular flexibility index (Phi) is 3.84. The number of oxazole rings is 1. The molecule has 96 valence electrons. The van der Waals surface area contributed by atoms with E-state index in [0.717, 1.165) is 31.8 Å². The van der Waals surface area contributed by atoms with Crippen molar-refractivity contribution in [3.63, 3.8) is 0 Å². The molecule has 0 amide bonds. The van der Waals surface area contributed by atoms with Crippen LogP contribution in [0.1, 0.15) is 57.2 Å². The molecule has 1 N–H and O–H groups in total. The number of hydrogen-bond acceptors (Lipinski definition) is 4. The van der Waals surface area contributed by atoms with Crippen LogP contribution < -0.4 is 0 Å². The van der Waals surface area contributed by atoms with Crippen LogP contribution in [0.3, 0.4) is 0 Å². The zero-order chi connectivity index (χ0) is 12.4. The van der Waals surface area contributed by atoms with Crippen LogP contribution in [0.25, 0.3) is 0 Å². The number of nitrogens with zero attached hydrogens (tertiary/aromatic N) is 2. The van der Waals surface area contributed by atoms with Crippen molar-refractivity contribution in [2.45, 2.75) is 51.7 Å². The number of rotatable bonds is 3. The molecule has 2 heterocycles. The van der Waals surface area contributed by atoms with E-state index in [0.29, 0.717) is 17.7 Å². The highest BCUT2D eigenvalue weighted by Crippen LogP contribution is 2.29. The highest BCUT2D eigenvalue weighted by molar-refractivity contribution is 5.04. The lowest BCUT2D eigenvalue weighted by molar-refractivity contribution is 0.163. The molecule has 0 aromatic carbocycles. The largest absolute Gasteiger partial charge is 0.448 e. The minimum Gasteiger partial charge on any atom is -0.448 e. The number of aromatic nitrogens is 1. The summed E-state index contributed by atoms with van der Waals surface area (Å²) < 4.78 is 5.47. The summed E-state index contributed by atoms with van der Waals surface area (Å²) in [5.74, 6) is 1.21. The van der Waals surface area contributed by atoms with Crippen molar-refractivity contribution < 1.29 is 9.52 Å². The SMILES string of the molecule is CC(O)c1coc(C2CCN(C(C)C)CC2)n1. The van der Waals surface area contributed by atoms with Crippen molar-refractivity contribution in [1.82, 2.24) is 9.88 Å². The Bertz CT molecular complexity index is 352. The van der Waals surface area contributed by atoms with Crippen molar-refractivity contribution in [1.29, 1.82) is 0 Å². The molecule has 1 atom stereocenters. The molecule has 1 aromatic rings. The molecule has 0 saturated carbocycles. The van der Waals surface area contributed by atoms with E-state index in [1.807, 2.05) is 0 Å². The van der Waals surface area contributed by atoms with Crippen LogP contribution in [0.5, 0.6) is 0 Å². The van der Waals surface area contributed by atoms with E-state index in [1.54, 1.807) is 13.2 Å². The van der Waals surface area contributed by atoms with Gasteiger partial charge in [0.15, 0.2) is 5.89 Å². The predicted molar refractivity (Wildman–Crippen MR) is 65.8 cm³/mol. The van der Waals surface area contributed by atoms with Crippen LogP contribution in [0.4, 0.5) is 0 Å². The highest BCUT2D eigenvalue weighted by atomic mass is 16.3. The summed E-state index contributed by atoms with van der Waals surface area (Å²) in [6.07, 6.45) is 3.23. The second-order valence-corrected chi connectivity index (χ2v) is 5.19. The van der Waals surface area contributed by atoms with E-state index < -0.39 is 6.10 Å². The Morgan fingerprint density at radius 3 is 2.47 bits per heavy atom. The molecule has 0 bridgehead atoms. The quantitative estimate of drug-likeness (QED) is 0.878. The Hall–Kier alpha value is -0.870. The van der Waals surface area contributed by atoms with Crippen LogP contribution in [-0.2, 0) is 0 Å². The normalized spacial score (nSPS) is 21.0. The van der Waals surface area contributed by atoms with Gasteiger partial charge in [-0.2, -0.15) is 0 Å². The van der Waals surface area contributed by atoms with Crippen LogP contribution in [0, 0.1) is 0 Å². The zero-order valence-electron chi connectivity index (χ0n) is 10.9. The molecule has 4 heteroatoms. The third-order valence-electron chi connectivity index (χ3n) is 3.58. The molecule has 0 spiro atoms. The summed E-state index contributed by atoms with van der Waals surface area (Å²) in [6.45, 7) is 8.39. The second kappa shape index (κ2) is 5.19. The average Bonchev–Trinajstić information content (AvgIpc) is 2.78. The maximum atomic E-state index is 9.42. The summed E-state index contributed by atoms with van der Waals surface area (Å²) in [5, 5.41) is 9.42. The maximum Gasteiger partial charge on any atom is 0.197 e. The Balaban J connectivity index is 1.96. The van der Waals surface area contributed by atoms with Gasteiger partial charge < -0.3 is 14.4 Å². The number of piperidine rings is 1. The van der Waals surface area contributed by atoms with Crippen LogP contribution in [-0.4, -0.2) is 34.1 Å². The average molecular weight is 238 g/mol. The maximum absolute atomic E-state index is 9.42. The van der Waals surface area contributed by atoms with E-state index in [-0.39, 0.29) is 0 Å². The Morgan fingerprint density at radius 2 is 2.00 bits per heavy atom. The first-order valence-electron chi connectivity index (χ1n) is 6.45. The topological polar surface area (TPSA) is 49.5 Å². The van der Waals surface area contributed by atoms with Gasteiger partial charge in [0, 0.05) is 12.0 Å². The number of aliphatic hydroxyl groups is 1. The van der Waals surface area contributed by atoms with Crippen LogP contribution in [0.15, 0.2) is 10.7 Å². The summed E-state index contributed by atoms with van der Waals surface area (Å²) >= 11 is 0. The minimum absolute atomic E-state index is 0.414. The summed E-state index contributed by atoms with van der Waals surface area (Å²) in [6, 6.07) is 0.619. The molecule has 0 aliphatic carbocycles. The lowest BCUT2D eigenvalue weighted by atomic mass is 9.96. The monoisotopic (exact) mass is 238 g/mol. The molecule has 1 aromatic heterocycles. The molecule has 2 rings (SSSR count). The zero-order valence-corrected chi connectivity index (χ0v) is 10.9. The molecule has 0 radical (unpaired) electrons. The van der Waals surface area contributed by atoms with Gasteiger partial charge in [0.2, 0.25) is 0 Å². The Labute approximate surface area is 103 Å². The summed E-state index contributed by atoms with van der Waals surface area (Å²) in [7, 11) is 0. The van der Waals surface area contributed by atoms with E-state index in [9.17, 15) is 5.11 Å². The molecule has 4 nitrogen and oxygen atoms in total. The number of hydrogen-bond donors (Lipinski definition) is 1. The first kappa shape index (κ1) is 12.6. The highest BCUT2D eigenvalue weighted by Gasteiger charge is 2.25. The van der Waals surface area contributed by atoms with Crippen molar-refractivity contribution in [3.05, 3.63) is 17.8 Å². The Morgan fingerprint density at radius 1 is 1.35 bits per heavy atom. The third-order valence-corrected chi connectivity index (χ3v) is 3.58. The van der Waals surface area contributed by atoms with E-state index in [1.165, 1.54) is 0 Å². The van der Waals surface area contributed by atoms with Gasteiger partial charge in [-0.25, -0.2) is 4.98 Å².